The van der Waals surface area contributed by atoms with Crippen molar-refractivity contribution in [1.29, 1.82) is 0 Å². The normalized spacial score (nSPS) is 10.9. The van der Waals surface area contributed by atoms with Crippen molar-refractivity contribution in [3.63, 3.8) is 0 Å². The van der Waals surface area contributed by atoms with E-state index in [2.05, 4.69) is 20.9 Å². The minimum Gasteiger partial charge on any atom is -0.292 e. The monoisotopic (exact) mass is 345 g/mol. The van der Waals surface area contributed by atoms with E-state index >= 15 is 0 Å². The standard InChI is InChI=1S/C16H12BrNOS/c1-10-8-14(18-13-5-3-2-4-11(10)13)15(19)9-16-12(17)6-7-20-16/h2-8H,9H2,1H3. The number of fused-ring (bicyclic) bond motifs is 1. The Kier molecular flexibility index (Phi) is 3.68. The lowest BCUT2D eigenvalue weighted by Gasteiger charge is -2.05. The van der Waals surface area contributed by atoms with Crippen molar-refractivity contribution in [3.8, 4) is 0 Å². The molecule has 0 aliphatic carbocycles. The third-order valence-corrected chi connectivity index (χ3v) is 5.15. The fourth-order valence-electron chi connectivity index (χ4n) is 2.18. The van der Waals surface area contributed by atoms with E-state index in [9.17, 15) is 4.79 Å². The number of nitrogens with zero attached hydrogens (tertiary/aromatic N) is 1. The van der Waals surface area contributed by atoms with E-state index in [-0.39, 0.29) is 5.78 Å². The molecule has 0 saturated heterocycles. The van der Waals surface area contributed by atoms with E-state index < -0.39 is 0 Å². The van der Waals surface area contributed by atoms with Crippen LogP contribution in [0.15, 0.2) is 46.3 Å². The van der Waals surface area contributed by atoms with Gasteiger partial charge in [0.15, 0.2) is 5.78 Å². The van der Waals surface area contributed by atoms with Crippen LogP contribution in [0.5, 0.6) is 0 Å². The molecule has 0 aliphatic heterocycles. The summed E-state index contributed by atoms with van der Waals surface area (Å²) in [6.07, 6.45) is 0.392. The molecule has 0 saturated carbocycles. The highest BCUT2D eigenvalue weighted by atomic mass is 79.9. The molecule has 0 radical (unpaired) electrons. The highest BCUT2D eigenvalue weighted by Crippen LogP contribution is 2.25. The van der Waals surface area contributed by atoms with Gasteiger partial charge in [-0.15, -0.1) is 11.3 Å². The molecule has 0 atom stereocenters. The average Bonchev–Trinajstić information content (AvgIpc) is 2.84. The first kappa shape index (κ1) is 13.5. The number of carbonyl (C=O) groups is 1. The SMILES string of the molecule is Cc1cc(C(=O)Cc2sccc2Br)nc2ccccc12. The number of hydrogen-bond acceptors (Lipinski definition) is 3. The summed E-state index contributed by atoms with van der Waals surface area (Å²) in [6, 6.07) is 11.8. The summed E-state index contributed by atoms with van der Waals surface area (Å²) in [5.74, 6) is 0.0574. The topological polar surface area (TPSA) is 30.0 Å². The molecule has 0 aliphatic rings. The van der Waals surface area contributed by atoms with Gasteiger partial charge in [0.25, 0.3) is 0 Å². The number of carbonyl (C=O) groups excluding carboxylic acids is 1. The Morgan fingerprint density at radius 2 is 2.10 bits per heavy atom. The zero-order chi connectivity index (χ0) is 14.1. The second-order valence-corrected chi connectivity index (χ2v) is 6.49. The predicted octanol–water partition coefficient (Wildman–Crippen LogP) is 4.79. The second kappa shape index (κ2) is 5.46. The molecule has 0 N–H and O–H groups in total. The minimum atomic E-state index is 0.0574. The second-order valence-electron chi connectivity index (χ2n) is 4.63. The van der Waals surface area contributed by atoms with E-state index in [1.165, 1.54) is 0 Å². The molecule has 2 nitrogen and oxygen atoms in total. The summed E-state index contributed by atoms with van der Waals surface area (Å²) >= 11 is 5.04. The molecular weight excluding hydrogens is 334 g/mol. The smallest absolute Gasteiger partial charge is 0.186 e. The Hall–Kier alpha value is -1.52. The number of aromatic nitrogens is 1. The lowest BCUT2D eigenvalue weighted by molar-refractivity contribution is 0.0989. The number of Topliss-reactive ketones (excluding diaryl/α,β-unsaturated/α-hetero) is 1. The van der Waals surface area contributed by atoms with Gasteiger partial charge in [-0.1, -0.05) is 18.2 Å². The van der Waals surface area contributed by atoms with Crippen molar-refractivity contribution in [3.05, 3.63) is 62.4 Å². The van der Waals surface area contributed by atoms with E-state index in [4.69, 9.17) is 0 Å². The number of thiophene rings is 1. The summed E-state index contributed by atoms with van der Waals surface area (Å²) in [4.78, 5) is 17.9. The molecule has 3 rings (SSSR count). The number of aryl methyl sites for hydroxylation is 1. The number of hydrogen-bond donors (Lipinski definition) is 0. The van der Waals surface area contributed by atoms with Crippen LogP contribution in [-0.2, 0) is 6.42 Å². The van der Waals surface area contributed by atoms with Gasteiger partial charge in [-0.3, -0.25) is 4.79 Å². The van der Waals surface area contributed by atoms with Gasteiger partial charge >= 0.3 is 0 Å². The van der Waals surface area contributed by atoms with Crippen LogP contribution in [0.4, 0.5) is 0 Å². The van der Waals surface area contributed by atoms with Gasteiger partial charge < -0.3 is 0 Å². The molecule has 0 unspecified atom stereocenters. The van der Waals surface area contributed by atoms with Crippen LogP contribution in [0.2, 0.25) is 0 Å². The first-order chi connectivity index (χ1) is 9.65. The molecule has 3 aromatic rings. The van der Waals surface area contributed by atoms with Crippen molar-refractivity contribution >= 4 is 44.0 Å². The molecule has 100 valence electrons. The molecule has 4 heteroatoms. The molecule has 2 aromatic heterocycles. The van der Waals surface area contributed by atoms with Crippen LogP contribution in [0.1, 0.15) is 20.9 Å². The third kappa shape index (κ3) is 2.53. The van der Waals surface area contributed by atoms with Crippen LogP contribution >= 0.6 is 27.3 Å². The Balaban J connectivity index is 1.98. The Morgan fingerprint density at radius 1 is 1.30 bits per heavy atom. The van der Waals surface area contributed by atoms with Crippen molar-refractivity contribution < 1.29 is 4.79 Å². The molecule has 0 fully saturated rings. The Morgan fingerprint density at radius 3 is 2.85 bits per heavy atom. The quantitative estimate of drug-likeness (QED) is 0.638. The van der Waals surface area contributed by atoms with Crippen LogP contribution in [0, 0.1) is 6.92 Å². The fraction of sp³-hybridized carbons (Fsp3) is 0.125. The first-order valence-corrected chi connectivity index (χ1v) is 7.94. The highest BCUT2D eigenvalue weighted by molar-refractivity contribution is 9.10. The number of pyridine rings is 1. The summed E-state index contributed by atoms with van der Waals surface area (Å²) in [5, 5.41) is 3.08. The molecule has 2 heterocycles. The molecule has 0 bridgehead atoms. The largest absolute Gasteiger partial charge is 0.292 e. The van der Waals surface area contributed by atoms with E-state index in [1.54, 1.807) is 11.3 Å². The predicted molar refractivity (Wildman–Crippen MR) is 86.5 cm³/mol. The zero-order valence-electron chi connectivity index (χ0n) is 10.9. The first-order valence-electron chi connectivity index (χ1n) is 6.26. The van der Waals surface area contributed by atoms with E-state index in [0.717, 1.165) is 25.8 Å². The van der Waals surface area contributed by atoms with Crippen molar-refractivity contribution in [2.24, 2.45) is 0 Å². The molecule has 0 spiro atoms. The maximum atomic E-state index is 12.4. The van der Waals surface area contributed by atoms with Crippen molar-refractivity contribution in [2.75, 3.05) is 0 Å². The van der Waals surface area contributed by atoms with Crippen LogP contribution < -0.4 is 0 Å². The zero-order valence-corrected chi connectivity index (χ0v) is 13.3. The fourth-order valence-corrected chi connectivity index (χ4v) is 3.67. The molecule has 20 heavy (non-hydrogen) atoms. The van der Waals surface area contributed by atoms with Crippen LogP contribution in [-0.4, -0.2) is 10.8 Å². The minimum absolute atomic E-state index is 0.0574. The van der Waals surface area contributed by atoms with Crippen LogP contribution in [0.25, 0.3) is 10.9 Å². The number of halogens is 1. The van der Waals surface area contributed by atoms with Gasteiger partial charge in [0.2, 0.25) is 0 Å². The highest BCUT2D eigenvalue weighted by Gasteiger charge is 2.13. The van der Waals surface area contributed by atoms with Gasteiger partial charge in [0, 0.05) is 21.2 Å². The van der Waals surface area contributed by atoms with E-state index in [0.29, 0.717) is 12.1 Å². The van der Waals surface area contributed by atoms with Crippen molar-refractivity contribution in [2.45, 2.75) is 13.3 Å². The van der Waals surface area contributed by atoms with E-state index in [1.807, 2.05) is 48.7 Å². The van der Waals surface area contributed by atoms with Gasteiger partial charge in [-0.25, -0.2) is 4.98 Å². The van der Waals surface area contributed by atoms with Gasteiger partial charge in [-0.05, 0) is 52.0 Å². The lowest BCUT2D eigenvalue weighted by Crippen LogP contribution is -2.06. The maximum absolute atomic E-state index is 12.4. The van der Waals surface area contributed by atoms with Gasteiger partial charge in [0.05, 0.1) is 5.52 Å². The summed E-state index contributed by atoms with van der Waals surface area (Å²) in [5.41, 5.74) is 2.51. The molecule has 1 aromatic carbocycles. The summed E-state index contributed by atoms with van der Waals surface area (Å²) in [7, 11) is 0. The number of benzene rings is 1. The Labute approximate surface area is 129 Å². The van der Waals surface area contributed by atoms with Crippen molar-refractivity contribution in [1.82, 2.24) is 4.98 Å². The molecular formula is C16H12BrNOS. The van der Waals surface area contributed by atoms with Gasteiger partial charge in [-0.2, -0.15) is 0 Å². The molecule has 0 amide bonds. The number of rotatable bonds is 3. The maximum Gasteiger partial charge on any atom is 0.186 e. The Bertz CT molecular complexity index is 794. The van der Waals surface area contributed by atoms with Gasteiger partial charge in [0.1, 0.15) is 5.69 Å². The summed E-state index contributed by atoms with van der Waals surface area (Å²) < 4.78 is 0.994. The third-order valence-electron chi connectivity index (χ3n) is 3.22. The van der Waals surface area contributed by atoms with Crippen LogP contribution in [0.3, 0.4) is 0 Å². The lowest BCUT2D eigenvalue weighted by atomic mass is 10.1. The average molecular weight is 346 g/mol. The number of ketones is 1. The number of para-hydroxylation sites is 1. The summed E-state index contributed by atoms with van der Waals surface area (Å²) in [6.45, 7) is 2.02.